The van der Waals surface area contributed by atoms with Gasteiger partial charge in [-0.15, -0.1) is 0 Å². The lowest BCUT2D eigenvalue weighted by molar-refractivity contribution is 0.0761. The summed E-state index contributed by atoms with van der Waals surface area (Å²) in [5.41, 5.74) is 0.150. The van der Waals surface area contributed by atoms with Gasteiger partial charge in [0.15, 0.2) is 0 Å². The minimum atomic E-state index is -0.549. The second kappa shape index (κ2) is 5.49. The Hall–Kier alpha value is -1.58. The fourth-order valence-corrected chi connectivity index (χ4v) is 1.53. The summed E-state index contributed by atoms with van der Waals surface area (Å²) in [6.07, 6.45) is 0.849. The maximum absolute atomic E-state index is 12.8. The van der Waals surface area contributed by atoms with E-state index in [4.69, 9.17) is 0 Å². The standard InChI is InChI=1S/C12H16FNO2/c1-3-7-14(4-2)12(16)10-6-5-9(13)8-11(10)15/h5-6,8,15H,3-4,7H2,1-2H3. The predicted octanol–water partition coefficient (Wildman–Crippen LogP) is 2.40. The molecule has 3 nitrogen and oxygen atoms in total. The van der Waals surface area contributed by atoms with Crippen molar-refractivity contribution in [1.29, 1.82) is 0 Å². The largest absolute Gasteiger partial charge is 0.507 e. The molecule has 0 aliphatic rings. The number of hydrogen-bond donors (Lipinski definition) is 1. The fraction of sp³-hybridized carbons (Fsp3) is 0.417. The minimum absolute atomic E-state index is 0.150. The molecule has 0 aromatic heterocycles. The van der Waals surface area contributed by atoms with E-state index in [2.05, 4.69) is 0 Å². The normalized spacial score (nSPS) is 10.2. The van der Waals surface area contributed by atoms with Crippen molar-refractivity contribution in [2.24, 2.45) is 0 Å². The van der Waals surface area contributed by atoms with Crippen LogP contribution in [0.15, 0.2) is 18.2 Å². The molecular weight excluding hydrogens is 209 g/mol. The lowest BCUT2D eigenvalue weighted by Gasteiger charge is -2.20. The van der Waals surface area contributed by atoms with Crippen molar-refractivity contribution in [3.05, 3.63) is 29.6 Å². The number of hydrogen-bond acceptors (Lipinski definition) is 2. The highest BCUT2D eigenvalue weighted by Crippen LogP contribution is 2.19. The zero-order chi connectivity index (χ0) is 12.1. The van der Waals surface area contributed by atoms with Crippen LogP contribution >= 0.6 is 0 Å². The van der Waals surface area contributed by atoms with Crippen LogP contribution < -0.4 is 0 Å². The van der Waals surface area contributed by atoms with Crippen LogP contribution in [-0.2, 0) is 0 Å². The van der Waals surface area contributed by atoms with E-state index in [1.807, 2.05) is 13.8 Å². The number of phenols is 1. The van der Waals surface area contributed by atoms with Gasteiger partial charge in [-0.3, -0.25) is 4.79 Å². The van der Waals surface area contributed by atoms with E-state index in [0.29, 0.717) is 13.1 Å². The van der Waals surface area contributed by atoms with Crippen molar-refractivity contribution in [1.82, 2.24) is 4.90 Å². The number of carbonyl (C=O) groups is 1. The average molecular weight is 225 g/mol. The number of carbonyl (C=O) groups excluding carboxylic acids is 1. The first-order valence-electron chi connectivity index (χ1n) is 5.38. The second-order valence-corrected chi connectivity index (χ2v) is 3.55. The second-order valence-electron chi connectivity index (χ2n) is 3.55. The molecule has 0 radical (unpaired) electrons. The fourth-order valence-electron chi connectivity index (χ4n) is 1.53. The lowest BCUT2D eigenvalue weighted by Crippen LogP contribution is -2.31. The molecule has 1 rings (SSSR count). The van der Waals surface area contributed by atoms with E-state index in [0.717, 1.165) is 12.5 Å². The Morgan fingerprint density at radius 3 is 2.62 bits per heavy atom. The third kappa shape index (κ3) is 2.72. The first-order valence-corrected chi connectivity index (χ1v) is 5.38. The minimum Gasteiger partial charge on any atom is -0.507 e. The summed E-state index contributed by atoms with van der Waals surface area (Å²) >= 11 is 0. The van der Waals surface area contributed by atoms with Gasteiger partial charge in [0.2, 0.25) is 0 Å². The predicted molar refractivity (Wildman–Crippen MR) is 59.9 cm³/mol. The Labute approximate surface area is 94.5 Å². The van der Waals surface area contributed by atoms with Crippen LogP contribution in [0.1, 0.15) is 30.6 Å². The van der Waals surface area contributed by atoms with E-state index in [1.165, 1.54) is 12.1 Å². The van der Waals surface area contributed by atoms with Gasteiger partial charge >= 0.3 is 0 Å². The van der Waals surface area contributed by atoms with Crippen LogP contribution in [0.2, 0.25) is 0 Å². The zero-order valence-electron chi connectivity index (χ0n) is 9.53. The smallest absolute Gasteiger partial charge is 0.257 e. The van der Waals surface area contributed by atoms with E-state index in [-0.39, 0.29) is 17.2 Å². The van der Waals surface area contributed by atoms with E-state index in [9.17, 15) is 14.3 Å². The van der Waals surface area contributed by atoms with E-state index < -0.39 is 5.82 Å². The Morgan fingerprint density at radius 1 is 1.44 bits per heavy atom. The molecule has 0 saturated carbocycles. The van der Waals surface area contributed by atoms with E-state index >= 15 is 0 Å². The summed E-state index contributed by atoms with van der Waals surface area (Å²) in [4.78, 5) is 13.6. The Kier molecular flexibility index (Phi) is 4.28. The number of amides is 1. The van der Waals surface area contributed by atoms with Crippen molar-refractivity contribution >= 4 is 5.91 Å². The molecule has 0 aliphatic heterocycles. The highest BCUT2D eigenvalue weighted by molar-refractivity contribution is 5.96. The summed E-state index contributed by atoms with van der Waals surface area (Å²) in [6, 6.07) is 3.44. The van der Waals surface area contributed by atoms with Crippen LogP contribution in [0.4, 0.5) is 4.39 Å². The lowest BCUT2D eigenvalue weighted by atomic mass is 10.1. The molecule has 0 bridgehead atoms. The van der Waals surface area contributed by atoms with Gasteiger partial charge in [0.1, 0.15) is 11.6 Å². The van der Waals surface area contributed by atoms with Crippen molar-refractivity contribution in [2.75, 3.05) is 13.1 Å². The van der Waals surface area contributed by atoms with Crippen molar-refractivity contribution < 1.29 is 14.3 Å². The Balaban J connectivity index is 2.94. The topological polar surface area (TPSA) is 40.5 Å². The molecule has 16 heavy (non-hydrogen) atoms. The van der Waals surface area contributed by atoms with Crippen molar-refractivity contribution in [2.45, 2.75) is 20.3 Å². The SMILES string of the molecule is CCCN(CC)C(=O)c1ccc(F)cc1O. The molecule has 1 amide bonds. The molecule has 0 heterocycles. The number of phenolic OH excluding ortho intramolecular Hbond substituents is 1. The molecule has 0 spiro atoms. The molecule has 0 saturated heterocycles. The molecule has 88 valence electrons. The van der Waals surface area contributed by atoms with Gasteiger partial charge in [0.25, 0.3) is 5.91 Å². The van der Waals surface area contributed by atoms with Gasteiger partial charge < -0.3 is 10.0 Å². The molecule has 1 aromatic rings. The quantitative estimate of drug-likeness (QED) is 0.854. The highest BCUT2D eigenvalue weighted by atomic mass is 19.1. The molecular formula is C12H16FNO2. The molecule has 0 aliphatic carbocycles. The van der Waals surface area contributed by atoms with Crippen molar-refractivity contribution in [3.8, 4) is 5.75 Å². The Bertz CT molecular complexity index is 379. The van der Waals surface area contributed by atoms with Crippen molar-refractivity contribution in [3.63, 3.8) is 0 Å². The van der Waals surface area contributed by atoms with Crippen LogP contribution in [-0.4, -0.2) is 29.0 Å². The number of rotatable bonds is 4. The third-order valence-corrected chi connectivity index (χ3v) is 2.35. The van der Waals surface area contributed by atoms with Crippen LogP contribution in [0, 0.1) is 5.82 Å². The first-order chi connectivity index (χ1) is 7.60. The number of nitrogens with zero attached hydrogens (tertiary/aromatic N) is 1. The third-order valence-electron chi connectivity index (χ3n) is 2.35. The molecule has 0 unspecified atom stereocenters. The van der Waals surface area contributed by atoms with Crippen LogP contribution in [0.25, 0.3) is 0 Å². The number of halogens is 1. The molecule has 0 atom stereocenters. The number of benzene rings is 1. The van der Waals surface area contributed by atoms with Crippen LogP contribution in [0.5, 0.6) is 5.75 Å². The van der Waals surface area contributed by atoms with Gasteiger partial charge in [0, 0.05) is 19.2 Å². The van der Waals surface area contributed by atoms with Gasteiger partial charge in [-0.2, -0.15) is 0 Å². The number of aromatic hydroxyl groups is 1. The molecule has 4 heteroatoms. The summed E-state index contributed by atoms with van der Waals surface area (Å²) < 4.78 is 12.8. The molecule has 1 N–H and O–H groups in total. The average Bonchev–Trinajstić information content (AvgIpc) is 2.25. The summed E-state index contributed by atoms with van der Waals surface area (Å²) in [5, 5.41) is 9.49. The van der Waals surface area contributed by atoms with E-state index in [1.54, 1.807) is 4.90 Å². The first kappa shape index (κ1) is 12.5. The van der Waals surface area contributed by atoms with Gasteiger partial charge in [0.05, 0.1) is 5.56 Å². The highest BCUT2D eigenvalue weighted by Gasteiger charge is 2.17. The monoisotopic (exact) mass is 225 g/mol. The molecule has 1 aromatic carbocycles. The summed E-state index contributed by atoms with van der Waals surface area (Å²) in [6.45, 7) is 5.05. The Morgan fingerprint density at radius 2 is 2.12 bits per heavy atom. The zero-order valence-corrected chi connectivity index (χ0v) is 9.53. The maximum Gasteiger partial charge on any atom is 0.257 e. The van der Waals surface area contributed by atoms with Gasteiger partial charge in [-0.1, -0.05) is 6.92 Å². The summed E-state index contributed by atoms with van der Waals surface area (Å²) in [7, 11) is 0. The molecule has 0 fully saturated rings. The van der Waals surface area contributed by atoms with Gasteiger partial charge in [-0.25, -0.2) is 4.39 Å². The van der Waals surface area contributed by atoms with Crippen LogP contribution in [0.3, 0.4) is 0 Å². The van der Waals surface area contributed by atoms with Gasteiger partial charge in [-0.05, 0) is 25.5 Å². The summed E-state index contributed by atoms with van der Waals surface area (Å²) in [5.74, 6) is -1.12. The maximum atomic E-state index is 12.8.